The lowest BCUT2D eigenvalue weighted by Gasteiger charge is -2.05. The Bertz CT molecular complexity index is 651. The van der Waals surface area contributed by atoms with Gasteiger partial charge >= 0.3 is 5.97 Å². The zero-order valence-electron chi connectivity index (χ0n) is 9.81. The van der Waals surface area contributed by atoms with Crippen molar-refractivity contribution in [2.45, 2.75) is 6.92 Å². The van der Waals surface area contributed by atoms with E-state index in [0.29, 0.717) is 15.9 Å². The monoisotopic (exact) mass is 324 g/mol. The summed E-state index contributed by atoms with van der Waals surface area (Å²) in [4.78, 5) is 26.6. The minimum absolute atomic E-state index is 0.0685. The largest absolute Gasteiger partial charge is 0.478 e. The maximum atomic E-state index is 11.9. The van der Waals surface area contributed by atoms with Crippen LogP contribution in [0.2, 0.25) is 0 Å². The van der Waals surface area contributed by atoms with Crippen LogP contribution in [-0.4, -0.2) is 22.0 Å². The van der Waals surface area contributed by atoms with Crippen LogP contribution in [0.15, 0.2) is 33.5 Å². The molecule has 2 rings (SSSR count). The first-order chi connectivity index (χ1) is 8.97. The van der Waals surface area contributed by atoms with Crippen LogP contribution in [0, 0.1) is 6.92 Å². The lowest BCUT2D eigenvalue weighted by molar-refractivity contribution is 0.0696. The van der Waals surface area contributed by atoms with Crippen molar-refractivity contribution in [1.29, 1.82) is 0 Å². The SMILES string of the molecule is Cc1ncoc1C(=O)Nc1cc(Br)cc(C(=O)O)c1. The van der Waals surface area contributed by atoms with E-state index < -0.39 is 11.9 Å². The van der Waals surface area contributed by atoms with Crippen LogP contribution >= 0.6 is 15.9 Å². The molecule has 0 spiro atoms. The number of carbonyl (C=O) groups excluding carboxylic acids is 1. The molecular formula is C12H9BrN2O4. The molecule has 19 heavy (non-hydrogen) atoms. The second-order valence-electron chi connectivity index (χ2n) is 3.75. The average Bonchev–Trinajstić information content (AvgIpc) is 2.74. The normalized spacial score (nSPS) is 10.2. The Balaban J connectivity index is 2.26. The first-order valence-electron chi connectivity index (χ1n) is 5.22. The van der Waals surface area contributed by atoms with Crippen LogP contribution in [0.4, 0.5) is 5.69 Å². The van der Waals surface area contributed by atoms with Crippen LogP contribution in [0.1, 0.15) is 26.6 Å². The molecule has 0 aliphatic carbocycles. The molecule has 0 radical (unpaired) electrons. The average molecular weight is 325 g/mol. The number of aromatic nitrogens is 1. The lowest BCUT2D eigenvalue weighted by Crippen LogP contribution is -2.13. The summed E-state index contributed by atoms with van der Waals surface area (Å²) < 4.78 is 5.51. The minimum Gasteiger partial charge on any atom is -0.478 e. The van der Waals surface area contributed by atoms with Gasteiger partial charge in [0.05, 0.1) is 11.3 Å². The molecule has 1 aromatic carbocycles. The number of aromatic carboxylic acids is 1. The molecular weight excluding hydrogens is 316 g/mol. The Labute approximate surface area is 116 Å². The second-order valence-corrected chi connectivity index (χ2v) is 4.67. The number of nitrogens with one attached hydrogen (secondary N) is 1. The molecule has 0 saturated heterocycles. The molecule has 2 aromatic rings. The Morgan fingerprint density at radius 2 is 2.11 bits per heavy atom. The van der Waals surface area contributed by atoms with Crippen molar-refractivity contribution in [1.82, 2.24) is 4.98 Å². The van der Waals surface area contributed by atoms with E-state index in [2.05, 4.69) is 26.2 Å². The Morgan fingerprint density at radius 1 is 1.37 bits per heavy atom. The van der Waals surface area contributed by atoms with Crippen LogP contribution < -0.4 is 5.32 Å². The highest BCUT2D eigenvalue weighted by Crippen LogP contribution is 2.20. The number of carbonyl (C=O) groups is 2. The van der Waals surface area contributed by atoms with E-state index in [1.54, 1.807) is 13.0 Å². The van der Waals surface area contributed by atoms with Gasteiger partial charge < -0.3 is 14.8 Å². The van der Waals surface area contributed by atoms with E-state index in [4.69, 9.17) is 9.52 Å². The Hall–Kier alpha value is -2.15. The van der Waals surface area contributed by atoms with E-state index in [9.17, 15) is 9.59 Å². The van der Waals surface area contributed by atoms with E-state index in [0.717, 1.165) is 0 Å². The Morgan fingerprint density at radius 3 is 2.68 bits per heavy atom. The molecule has 2 N–H and O–H groups in total. The third kappa shape index (κ3) is 3.00. The quantitative estimate of drug-likeness (QED) is 0.905. The summed E-state index contributed by atoms with van der Waals surface area (Å²) in [5.41, 5.74) is 0.887. The third-order valence-electron chi connectivity index (χ3n) is 2.35. The highest BCUT2D eigenvalue weighted by molar-refractivity contribution is 9.10. The molecule has 6 nitrogen and oxygen atoms in total. The predicted octanol–water partition coefficient (Wildman–Crippen LogP) is 2.70. The molecule has 0 aliphatic rings. The van der Waals surface area contributed by atoms with Gasteiger partial charge in [-0.05, 0) is 25.1 Å². The van der Waals surface area contributed by atoms with E-state index in [1.165, 1.54) is 18.5 Å². The summed E-state index contributed by atoms with van der Waals surface area (Å²) >= 11 is 3.18. The fourth-order valence-electron chi connectivity index (χ4n) is 1.49. The summed E-state index contributed by atoms with van der Waals surface area (Å²) in [6, 6.07) is 4.39. The molecule has 0 unspecified atom stereocenters. The number of hydrogen-bond donors (Lipinski definition) is 2. The molecule has 0 aliphatic heterocycles. The predicted molar refractivity (Wildman–Crippen MR) is 70.3 cm³/mol. The first-order valence-corrected chi connectivity index (χ1v) is 6.02. The number of nitrogens with zero attached hydrogens (tertiary/aromatic N) is 1. The summed E-state index contributed by atoms with van der Waals surface area (Å²) in [7, 11) is 0. The standard InChI is InChI=1S/C12H9BrN2O4/c1-6-10(19-5-14-6)11(16)15-9-3-7(12(17)18)2-8(13)4-9/h2-5H,1H3,(H,15,16)(H,17,18). The summed E-state index contributed by atoms with van der Waals surface area (Å²) in [6.07, 6.45) is 1.17. The zero-order valence-corrected chi connectivity index (χ0v) is 11.4. The van der Waals surface area contributed by atoms with Gasteiger partial charge in [-0.15, -0.1) is 0 Å². The van der Waals surface area contributed by atoms with Crippen molar-refractivity contribution in [3.8, 4) is 0 Å². The number of amides is 1. The van der Waals surface area contributed by atoms with Gasteiger partial charge in [-0.25, -0.2) is 9.78 Å². The highest BCUT2D eigenvalue weighted by Gasteiger charge is 2.15. The van der Waals surface area contributed by atoms with Crippen molar-refractivity contribution in [2.24, 2.45) is 0 Å². The third-order valence-corrected chi connectivity index (χ3v) is 2.81. The van der Waals surface area contributed by atoms with E-state index in [-0.39, 0.29) is 11.3 Å². The van der Waals surface area contributed by atoms with Gasteiger partial charge in [0.15, 0.2) is 6.39 Å². The van der Waals surface area contributed by atoms with Gasteiger partial charge in [0.1, 0.15) is 0 Å². The number of anilines is 1. The van der Waals surface area contributed by atoms with Crippen molar-refractivity contribution >= 4 is 33.5 Å². The number of rotatable bonds is 3. The van der Waals surface area contributed by atoms with Crippen molar-refractivity contribution in [3.05, 3.63) is 46.1 Å². The number of hydrogen-bond acceptors (Lipinski definition) is 4. The molecule has 1 heterocycles. The maximum absolute atomic E-state index is 11.9. The second kappa shape index (κ2) is 5.23. The molecule has 1 amide bonds. The van der Waals surface area contributed by atoms with Crippen molar-refractivity contribution < 1.29 is 19.1 Å². The van der Waals surface area contributed by atoms with Gasteiger partial charge in [-0.2, -0.15) is 0 Å². The molecule has 0 saturated carbocycles. The number of aryl methyl sites for hydroxylation is 1. The highest BCUT2D eigenvalue weighted by atomic mass is 79.9. The number of carboxylic acids is 1. The molecule has 0 bridgehead atoms. The number of halogens is 1. The van der Waals surface area contributed by atoms with E-state index in [1.807, 2.05) is 0 Å². The molecule has 0 atom stereocenters. The fraction of sp³-hybridized carbons (Fsp3) is 0.0833. The Kier molecular flexibility index (Phi) is 3.66. The molecule has 98 valence electrons. The summed E-state index contributed by atoms with van der Waals surface area (Å²) in [5, 5.41) is 11.5. The van der Waals surface area contributed by atoms with Crippen LogP contribution in [-0.2, 0) is 0 Å². The lowest BCUT2D eigenvalue weighted by atomic mass is 10.2. The van der Waals surface area contributed by atoms with Gasteiger partial charge in [0, 0.05) is 10.2 Å². The van der Waals surface area contributed by atoms with Crippen molar-refractivity contribution in [2.75, 3.05) is 5.32 Å². The summed E-state index contributed by atoms with van der Waals surface area (Å²) in [6.45, 7) is 1.64. The van der Waals surface area contributed by atoms with Crippen LogP contribution in [0.5, 0.6) is 0 Å². The first kappa shape index (κ1) is 13.3. The number of benzene rings is 1. The number of oxazole rings is 1. The minimum atomic E-state index is -1.08. The number of carboxylic acid groups (broad SMARTS) is 1. The van der Waals surface area contributed by atoms with Crippen LogP contribution in [0.3, 0.4) is 0 Å². The molecule has 7 heteroatoms. The maximum Gasteiger partial charge on any atom is 0.335 e. The molecule has 0 fully saturated rings. The smallest absolute Gasteiger partial charge is 0.335 e. The van der Waals surface area contributed by atoms with Crippen LogP contribution in [0.25, 0.3) is 0 Å². The van der Waals surface area contributed by atoms with Gasteiger partial charge in [-0.1, -0.05) is 15.9 Å². The fourth-order valence-corrected chi connectivity index (χ4v) is 1.99. The van der Waals surface area contributed by atoms with Gasteiger partial charge in [0.25, 0.3) is 5.91 Å². The topological polar surface area (TPSA) is 92.4 Å². The van der Waals surface area contributed by atoms with Gasteiger partial charge in [-0.3, -0.25) is 4.79 Å². The summed E-state index contributed by atoms with van der Waals surface area (Å²) in [5.74, 6) is -1.46. The molecule has 1 aromatic heterocycles. The van der Waals surface area contributed by atoms with E-state index >= 15 is 0 Å². The van der Waals surface area contributed by atoms with Crippen molar-refractivity contribution in [3.63, 3.8) is 0 Å². The van der Waals surface area contributed by atoms with Gasteiger partial charge in [0.2, 0.25) is 5.76 Å². The zero-order chi connectivity index (χ0) is 14.0.